The highest BCUT2D eigenvalue weighted by Gasteiger charge is 2.24. The maximum Gasteiger partial charge on any atom is 0.335 e. The molecule has 5 nitrogen and oxygen atoms in total. The quantitative estimate of drug-likeness (QED) is 0.912. The van der Waals surface area contributed by atoms with Crippen LogP contribution in [0.25, 0.3) is 0 Å². The van der Waals surface area contributed by atoms with E-state index in [1.165, 1.54) is 12.1 Å². The van der Waals surface area contributed by atoms with Crippen molar-refractivity contribution in [2.24, 2.45) is 5.92 Å². The molecule has 1 heterocycles. The van der Waals surface area contributed by atoms with Crippen molar-refractivity contribution < 1.29 is 19.4 Å². The van der Waals surface area contributed by atoms with Crippen LogP contribution in [0.2, 0.25) is 0 Å². The fraction of sp³-hybridized carbons (Fsp3) is 0.467. The van der Waals surface area contributed by atoms with Crippen LogP contribution in [0, 0.1) is 5.92 Å². The van der Waals surface area contributed by atoms with Gasteiger partial charge in [0.1, 0.15) is 0 Å². The van der Waals surface area contributed by atoms with Gasteiger partial charge >= 0.3 is 5.97 Å². The molecule has 108 valence electrons. The normalized spacial score (nSPS) is 18.9. The van der Waals surface area contributed by atoms with E-state index in [0.29, 0.717) is 24.6 Å². The molecular formula is C15H19NO4. The Bertz CT molecular complexity index is 481. The summed E-state index contributed by atoms with van der Waals surface area (Å²) in [5.74, 6) is -0.638. The molecular weight excluding hydrogens is 258 g/mol. The minimum absolute atomic E-state index is 0.0391. The standard InChI is InChI=1S/C15H19NO4/c1-20-10-11-3-2-8-16(9-11)14(17)12-4-6-13(7-5-12)15(18)19/h4-7,11H,2-3,8-10H2,1H3,(H,18,19). The van der Waals surface area contributed by atoms with Gasteiger partial charge in [-0.25, -0.2) is 4.79 Å². The van der Waals surface area contributed by atoms with Gasteiger partial charge in [-0.05, 0) is 43.0 Å². The average molecular weight is 277 g/mol. The Hall–Kier alpha value is -1.88. The highest BCUT2D eigenvalue weighted by atomic mass is 16.5. The average Bonchev–Trinajstić information content (AvgIpc) is 2.47. The Balaban J connectivity index is 2.04. The van der Waals surface area contributed by atoms with Crippen LogP contribution in [0.5, 0.6) is 0 Å². The van der Waals surface area contributed by atoms with Crippen LogP contribution >= 0.6 is 0 Å². The molecule has 0 bridgehead atoms. The third kappa shape index (κ3) is 3.36. The summed E-state index contributed by atoms with van der Waals surface area (Å²) in [5.41, 5.74) is 0.727. The van der Waals surface area contributed by atoms with E-state index in [2.05, 4.69) is 0 Å². The van der Waals surface area contributed by atoms with Gasteiger partial charge in [0.05, 0.1) is 12.2 Å². The number of benzene rings is 1. The van der Waals surface area contributed by atoms with Gasteiger partial charge in [-0.3, -0.25) is 4.79 Å². The van der Waals surface area contributed by atoms with E-state index < -0.39 is 5.97 Å². The number of methoxy groups -OCH3 is 1. The second-order valence-electron chi connectivity index (χ2n) is 5.10. The molecule has 1 fully saturated rings. The molecule has 0 saturated carbocycles. The van der Waals surface area contributed by atoms with E-state index in [0.717, 1.165) is 19.4 Å². The Morgan fingerprint density at radius 3 is 2.55 bits per heavy atom. The van der Waals surface area contributed by atoms with E-state index in [1.807, 2.05) is 4.90 Å². The lowest BCUT2D eigenvalue weighted by atomic mass is 9.98. The number of rotatable bonds is 4. The molecule has 1 aliphatic heterocycles. The van der Waals surface area contributed by atoms with Crippen LogP contribution < -0.4 is 0 Å². The van der Waals surface area contributed by atoms with Crippen LogP contribution in [0.1, 0.15) is 33.6 Å². The summed E-state index contributed by atoms with van der Waals surface area (Å²) in [7, 11) is 1.67. The molecule has 1 unspecified atom stereocenters. The van der Waals surface area contributed by atoms with E-state index >= 15 is 0 Å². The first-order valence-electron chi connectivity index (χ1n) is 6.73. The second kappa shape index (κ2) is 6.52. The summed E-state index contributed by atoms with van der Waals surface area (Å²) in [5, 5.41) is 8.85. The maximum atomic E-state index is 12.4. The number of amides is 1. The molecule has 1 aromatic carbocycles. The molecule has 1 amide bonds. The largest absolute Gasteiger partial charge is 0.478 e. The molecule has 0 aliphatic carbocycles. The number of hydrogen-bond acceptors (Lipinski definition) is 3. The molecule has 20 heavy (non-hydrogen) atoms. The number of aromatic carboxylic acids is 1. The second-order valence-corrected chi connectivity index (χ2v) is 5.10. The number of ether oxygens (including phenoxy) is 1. The lowest BCUT2D eigenvalue weighted by Crippen LogP contribution is -2.41. The molecule has 1 aliphatic rings. The van der Waals surface area contributed by atoms with Crippen molar-refractivity contribution in [2.45, 2.75) is 12.8 Å². The summed E-state index contributed by atoms with van der Waals surface area (Å²) in [4.78, 5) is 25.0. The predicted octanol–water partition coefficient (Wildman–Crippen LogP) is 1.88. The van der Waals surface area contributed by atoms with Crippen molar-refractivity contribution >= 4 is 11.9 Å². The lowest BCUT2D eigenvalue weighted by Gasteiger charge is -2.32. The van der Waals surface area contributed by atoms with Gasteiger partial charge in [0, 0.05) is 25.8 Å². The van der Waals surface area contributed by atoms with Gasteiger partial charge in [0.25, 0.3) is 5.91 Å². The van der Waals surface area contributed by atoms with Gasteiger partial charge in [-0.2, -0.15) is 0 Å². The van der Waals surface area contributed by atoms with E-state index in [9.17, 15) is 9.59 Å². The topological polar surface area (TPSA) is 66.8 Å². The molecule has 0 aromatic heterocycles. The minimum atomic E-state index is -0.984. The summed E-state index contributed by atoms with van der Waals surface area (Å²) < 4.78 is 5.15. The van der Waals surface area contributed by atoms with Gasteiger partial charge in [-0.1, -0.05) is 0 Å². The molecule has 1 aromatic rings. The van der Waals surface area contributed by atoms with Crippen LogP contribution in [0.4, 0.5) is 0 Å². The van der Waals surface area contributed by atoms with E-state index in [-0.39, 0.29) is 11.5 Å². The summed E-state index contributed by atoms with van der Waals surface area (Å²) in [6, 6.07) is 6.08. The molecule has 1 N–H and O–H groups in total. The Kier molecular flexibility index (Phi) is 4.74. The highest BCUT2D eigenvalue weighted by Crippen LogP contribution is 2.19. The molecule has 1 saturated heterocycles. The van der Waals surface area contributed by atoms with Crippen molar-refractivity contribution in [3.05, 3.63) is 35.4 Å². The first-order valence-corrected chi connectivity index (χ1v) is 6.73. The maximum absolute atomic E-state index is 12.4. The number of carbonyl (C=O) groups is 2. The first-order chi connectivity index (χ1) is 9.61. The number of carboxylic acids is 1. The van der Waals surface area contributed by atoms with Crippen LogP contribution in [-0.4, -0.2) is 48.7 Å². The number of carbonyl (C=O) groups excluding carboxylic acids is 1. The van der Waals surface area contributed by atoms with Crippen LogP contribution in [-0.2, 0) is 4.74 Å². The van der Waals surface area contributed by atoms with Gasteiger partial charge in [-0.15, -0.1) is 0 Å². The number of nitrogens with zero attached hydrogens (tertiary/aromatic N) is 1. The third-order valence-electron chi connectivity index (χ3n) is 3.59. The zero-order valence-electron chi connectivity index (χ0n) is 11.5. The van der Waals surface area contributed by atoms with Gasteiger partial charge in [0.2, 0.25) is 0 Å². The molecule has 5 heteroatoms. The Labute approximate surface area is 118 Å². The molecule has 1 atom stereocenters. The van der Waals surface area contributed by atoms with Crippen LogP contribution in [0.3, 0.4) is 0 Å². The molecule has 0 spiro atoms. The van der Waals surface area contributed by atoms with Gasteiger partial charge in [0.15, 0.2) is 0 Å². The zero-order chi connectivity index (χ0) is 14.5. The Morgan fingerprint density at radius 2 is 1.95 bits per heavy atom. The highest BCUT2D eigenvalue weighted by molar-refractivity contribution is 5.95. The summed E-state index contributed by atoms with van der Waals surface area (Å²) >= 11 is 0. The number of piperidine rings is 1. The minimum Gasteiger partial charge on any atom is -0.478 e. The molecule has 0 radical (unpaired) electrons. The monoisotopic (exact) mass is 277 g/mol. The summed E-state index contributed by atoms with van der Waals surface area (Å²) in [6.45, 7) is 2.12. The number of likely N-dealkylation sites (tertiary alicyclic amines) is 1. The fourth-order valence-electron chi connectivity index (χ4n) is 2.56. The van der Waals surface area contributed by atoms with E-state index in [1.54, 1.807) is 19.2 Å². The van der Waals surface area contributed by atoms with E-state index in [4.69, 9.17) is 9.84 Å². The number of hydrogen-bond donors (Lipinski definition) is 1. The zero-order valence-corrected chi connectivity index (χ0v) is 11.5. The smallest absolute Gasteiger partial charge is 0.335 e. The van der Waals surface area contributed by atoms with Crippen LogP contribution in [0.15, 0.2) is 24.3 Å². The summed E-state index contributed by atoms with van der Waals surface area (Å²) in [6.07, 6.45) is 2.06. The Morgan fingerprint density at radius 1 is 1.30 bits per heavy atom. The first kappa shape index (κ1) is 14.5. The SMILES string of the molecule is COCC1CCCN(C(=O)c2ccc(C(=O)O)cc2)C1. The van der Waals surface area contributed by atoms with Crippen molar-refractivity contribution in [2.75, 3.05) is 26.8 Å². The molecule has 2 rings (SSSR count). The van der Waals surface area contributed by atoms with Gasteiger partial charge < -0.3 is 14.7 Å². The number of carboxylic acid groups (broad SMARTS) is 1. The lowest BCUT2D eigenvalue weighted by molar-refractivity contribution is 0.0569. The van der Waals surface area contributed by atoms with Crippen molar-refractivity contribution in [3.8, 4) is 0 Å². The van der Waals surface area contributed by atoms with Crippen molar-refractivity contribution in [3.63, 3.8) is 0 Å². The third-order valence-corrected chi connectivity index (χ3v) is 3.59. The predicted molar refractivity (Wildman–Crippen MR) is 73.9 cm³/mol. The van der Waals surface area contributed by atoms with Crippen molar-refractivity contribution in [1.29, 1.82) is 0 Å². The fourth-order valence-corrected chi connectivity index (χ4v) is 2.56. The van der Waals surface area contributed by atoms with Crippen molar-refractivity contribution in [1.82, 2.24) is 4.90 Å².